The van der Waals surface area contributed by atoms with Gasteiger partial charge in [-0.15, -0.1) is 11.8 Å². The summed E-state index contributed by atoms with van der Waals surface area (Å²) in [5.74, 6) is 1.24. The molecule has 1 atom stereocenters. The molecule has 0 aliphatic carbocycles. The molecule has 5 heterocycles. The number of nitrogens with zero attached hydrogens (tertiary/aromatic N) is 7. The van der Waals surface area contributed by atoms with Gasteiger partial charge in [-0.1, -0.05) is 17.7 Å². The van der Waals surface area contributed by atoms with Crippen molar-refractivity contribution in [1.82, 2.24) is 29.1 Å². The van der Waals surface area contributed by atoms with E-state index in [1.54, 1.807) is 39.3 Å². The van der Waals surface area contributed by atoms with E-state index in [1.165, 1.54) is 6.33 Å². The number of H-pyrrole nitrogens is 1. The molecule has 4 aromatic heterocycles. The third-order valence-corrected chi connectivity index (χ3v) is 7.40. The molecule has 6 rings (SSSR count). The summed E-state index contributed by atoms with van der Waals surface area (Å²) in [5, 5.41) is 15.6. The second-order valence-corrected chi connectivity index (χ2v) is 9.53. The Hall–Kier alpha value is -3.81. The van der Waals surface area contributed by atoms with Gasteiger partial charge >= 0.3 is 0 Å². The number of hydrogen-bond acceptors (Lipinski definition) is 7. The Morgan fingerprint density at radius 2 is 2.17 bits per heavy atom. The molecular weight excluding hydrogens is 484 g/mol. The molecule has 0 unspecified atom stereocenters. The molecule has 9 nitrogen and oxygen atoms in total. The molecule has 1 N–H and O–H groups in total. The van der Waals surface area contributed by atoms with Gasteiger partial charge in [0.1, 0.15) is 29.4 Å². The fourth-order valence-corrected chi connectivity index (χ4v) is 5.48. The highest BCUT2D eigenvalue weighted by Crippen LogP contribution is 2.38. The highest BCUT2D eigenvalue weighted by atomic mass is 35.5. The van der Waals surface area contributed by atoms with Gasteiger partial charge in [-0.05, 0) is 43.4 Å². The summed E-state index contributed by atoms with van der Waals surface area (Å²) in [6.07, 6.45) is 8.48. The van der Waals surface area contributed by atoms with Crippen molar-refractivity contribution in [2.24, 2.45) is 0 Å². The summed E-state index contributed by atoms with van der Waals surface area (Å²) in [6.45, 7) is 0.706. The van der Waals surface area contributed by atoms with Crippen molar-refractivity contribution in [2.45, 2.75) is 23.8 Å². The summed E-state index contributed by atoms with van der Waals surface area (Å²) < 4.78 is 3.21. The molecule has 5 aromatic rings. The second-order valence-electron chi connectivity index (χ2n) is 8.24. The SMILES string of the molecule is CSc1cccc(-n2c([C@@H]3CCCN3c3ncnc4[nH]cc(C#N)c34)nn3ccc(Cl)c3c2=O)c1. The average Bonchev–Trinajstić information content (AvgIpc) is 3.62. The number of halogens is 1. The maximum absolute atomic E-state index is 13.8. The zero-order valence-electron chi connectivity index (χ0n) is 18.6. The van der Waals surface area contributed by atoms with E-state index in [0.717, 1.165) is 23.4 Å². The molecule has 1 aliphatic heterocycles. The Labute approximate surface area is 209 Å². The van der Waals surface area contributed by atoms with E-state index in [-0.39, 0.29) is 11.6 Å². The molecular formula is C24H19ClN8OS. The number of aromatic amines is 1. The standard InChI is InChI=1S/C24H19ClN8OS/c1-35-16-5-2-4-15(10-16)33-22(30-32-9-7-17(25)20(32)24(33)34)18-6-3-8-31(18)23-19-14(11-26)12-27-21(19)28-13-29-23/h2,4-5,7,9-10,12-13,18H,3,6,8H2,1H3,(H,27,28,29)/t18-/m0/s1. The molecule has 0 spiro atoms. The van der Waals surface area contributed by atoms with Gasteiger partial charge in [0.15, 0.2) is 5.82 Å². The smallest absolute Gasteiger partial charge is 0.284 e. The number of aromatic nitrogens is 6. The van der Waals surface area contributed by atoms with E-state index >= 15 is 0 Å². The Morgan fingerprint density at radius 3 is 3.00 bits per heavy atom. The van der Waals surface area contributed by atoms with Gasteiger partial charge in [-0.2, -0.15) is 10.4 Å². The molecule has 0 bridgehead atoms. The van der Waals surface area contributed by atoms with Crippen molar-refractivity contribution >= 4 is 45.7 Å². The lowest BCUT2D eigenvalue weighted by Gasteiger charge is -2.27. The zero-order valence-corrected chi connectivity index (χ0v) is 20.2. The van der Waals surface area contributed by atoms with E-state index in [9.17, 15) is 10.1 Å². The first-order valence-electron chi connectivity index (χ1n) is 11.0. The highest BCUT2D eigenvalue weighted by Gasteiger charge is 2.34. The minimum atomic E-state index is -0.245. The second kappa shape index (κ2) is 8.45. The van der Waals surface area contributed by atoms with Crippen molar-refractivity contribution in [3.63, 3.8) is 0 Å². The van der Waals surface area contributed by atoms with Crippen LogP contribution in [0.15, 0.2) is 58.7 Å². The first-order chi connectivity index (χ1) is 17.1. The number of rotatable bonds is 4. The van der Waals surface area contributed by atoms with Crippen LogP contribution in [0, 0.1) is 11.3 Å². The van der Waals surface area contributed by atoms with Crippen molar-refractivity contribution in [3.8, 4) is 11.8 Å². The van der Waals surface area contributed by atoms with Gasteiger partial charge in [0, 0.05) is 23.8 Å². The van der Waals surface area contributed by atoms with E-state index in [2.05, 4.69) is 25.9 Å². The molecule has 1 aliphatic rings. The quantitative estimate of drug-likeness (QED) is 0.364. The van der Waals surface area contributed by atoms with Crippen LogP contribution in [0.5, 0.6) is 0 Å². The predicted molar refractivity (Wildman–Crippen MR) is 136 cm³/mol. The number of benzene rings is 1. The van der Waals surface area contributed by atoms with Crippen LogP contribution in [0.4, 0.5) is 5.82 Å². The minimum absolute atomic E-state index is 0.234. The maximum Gasteiger partial charge on any atom is 0.284 e. The van der Waals surface area contributed by atoms with Crippen LogP contribution in [0.1, 0.15) is 30.3 Å². The third-order valence-electron chi connectivity index (χ3n) is 6.37. The summed E-state index contributed by atoms with van der Waals surface area (Å²) in [7, 11) is 0. The maximum atomic E-state index is 13.8. The van der Waals surface area contributed by atoms with Crippen LogP contribution < -0.4 is 10.5 Å². The van der Waals surface area contributed by atoms with Crippen LogP contribution in [-0.4, -0.2) is 41.9 Å². The van der Waals surface area contributed by atoms with E-state index in [0.29, 0.717) is 45.3 Å². The third kappa shape index (κ3) is 3.38. The lowest BCUT2D eigenvalue weighted by molar-refractivity contribution is 0.601. The zero-order chi connectivity index (χ0) is 24.1. The number of nitriles is 1. The summed E-state index contributed by atoms with van der Waals surface area (Å²) in [6, 6.07) is 11.5. The Bertz CT molecular complexity index is 1700. The van der Waals surface area contributed by atoms with Gasteiger partial charge in [0.05, 0.1) is 27.7 Å². The monoisotopic (exact) mass is 502 g/mol. The highest BCUT2D eigenvalue weighted by molar-refractivity contribution is 7.98. The van der Waals surface area contributed by atoms with Gasteiger partial charge in [-0.3, -0.25) is 9.36 Å². The minimum Gasteiger partial charge on any atom is -0.346 e. The Balaban J connectivity index is 1.60. The van der Waals surface area contributed by atoms with Gasteiger partial charge < -0.3 is 9.88 Å². The topological polar surface area (TPSA) is 108 Å². The Morgan fingerprint density at radius 1 is 1.29 bits per heavy atom. The average molecular weight is 503 g/mol. The van der Waals surface area contributed by atoms with Crippen molar-refractivity contribution in [3.05, 3.63) is 75.8 Å². The molecule has 1 saturated heterocycles. The van der Waals surface area contributed by atoms with Crippen molar-refractivity contribution in [2.75, 3.05) is 17.7 Å². The molecule has 35 heavy (non-hydrogen) atoms. The number of nitrogens with one attached hydrogen (secondary N) is 1. The van der Waals surface area contributed by atoms with Crippen molar-refractivity contribution in [1.29, 1.82) is 5.26 Å². The molecule has 0 amide bonds. The van der Waals surface area contributed by atoms with Crippen LogP contribution in [0.25, 0.3) is 22.2 Å². The molecule has 0 saturated carbocycles. The number of fused-ring (bicyclic) bond motifs is 2. The molecule has 0 radical (unpaired) electrons. The van der Waals surface area contributed by atoms with E-state index in [1.807, 2.05) is 30.5 Å². The summed E-state index contributed by atoms with van der Waals surface area (Å²) in [5.41, 5.74) is 1.90. The molecule has 1 aromatic carbocycles. The van der Waals surface area contributed by atoms with Crippen LogP contribution in [-0.2, 0) is 0 Å². The first kappa shape index (κ1) is 21.7. The van der Waals surface area contributed by atoms with E-state index in [4.69, 9.17) is 16.7 Å². The normalized spacial score (nSPS) is 15.8. The lowest BCUT2D eigenvalue weighted by Crippen LogP contribution is -2.33. The van der Waals surface area contributed by atoms with Gasteiger partial charge in [0.2, 0.25) is 0 Å². The summed E-state index contributed by atoms with van der Waals surface area (Å²) in [4.78, 5) is 28.9. The van der Waals surface area contributed by atoms with Crippen LogP contribution in [0.2, 0.25) is 5.02 Å². The van der Waals surface area contributed by atoms with Crippen LogP contribution in [0.3, 0.4) is 0 Å². The largest absolute Gasteiger partial charge is 0.346 e. The molecule has 174 valence electrons. The van der Waals surface area contributed by atoms with Gasteiger partial charge in [-0.25, -0.2) is 14.5 Å². The first-order valence-corrected chi connectivity index (χ1v) is 12.6. The lowest BCUT2D eigenvalue weighted by atomic mass is 10.1. The fourth-order valence-electron chi connectivity index (χ4n) is 4.80. The number of hydrogen-bond donors (Lipinski definition) is 1. The van der Waals surface area contributed by atoms with E-state index < -0.39 is 0 Å². The predicted octanol–water partition coefficient (Wildman–Crippen LogP) is 4.34. The fraction of sp³-hybridized carbons (Fsp3) is 0.208. The van der Waals surface area contributed by atoms with Crippen LogP contribution >= 0.6 is 23.4 Å². The van der Waals surface area contributed by atoms with Crippen molar-refractivity contribution < 1.29 is 0 Å². The number of anilines is 1. The van der Waals surface area contributed by atoms with Gasteiger partial charge in [0.25, 0.3) is 5.56 Å². The molecule has 1 fully saturated rings. The Kier molecular flexibility index (Phi) is 5.24. The number of thioether (sulfide) groups is 1. The molecule has 11 heteroatoms. The summed E-state index contributed by atoms with van der Waals surface area (Å²) >= 11 is 7.98.